The third kappa shape index (κ3) is 2.02. The van der Waals surface area contributed by atoms with Crippen LogP contribution in [-0.4, -0.2) is 40.7 Å². The van der Waals surface area contributed by atoms with Gasteiger partial charge in [0.15, 0.2) is 5.17 Å². The number of aliphatic imine (C=N–C) groups is 1. The first-order valence-electron chi connectivity index (χ1n) is 6.01. The minimum Gasteiger partial charge on any atom is -0.335 e. The topological polar surface area (TPSA) is 61.8 Å². The number of amides is 2. The third-order valence-electron chi connectivity index (χ3n) is 3.15. The van der Waals surface area contributed by atoms with Crippen molar-refractivity contribution >= 4 is 34.4 Å². The lowest BCUT2D eigenvalue weighted by atomic mass is 10.1. The van der Waals surface area contributed by atoms with E-state index in [9.17, 15) is 9.59 Å². The van der Waals surface area contributed by atoms with E-state index in [4.69, 9.17) is 0 Å². The maximum Gasteiger partial charge on any atom is 0.261 e. The van der Waals surface area contributed by atoms with Crippen molar-refractivity contribution in [2.45, 2.75) is 12.2 Å². The van der Waals surface area contributed by atoms with Crippen LogP contribution in [0.15, 0.2) is 23.2 Å². The van der Waals surface area contributed by atoms with Gasteiger partial charge in [-0.05, 0) is 18.2 Å². The minimum atomic E-state index is -0.252. The average Bonchev–Trinajstić information content (AvgIpc) is 2.89. The summed E-state index contributed by atoms with van der Waals surface area (Å²) in [5.74, 6) is -0.495. The zero-order chi connectivity index (χ0) is 13.6. The van der Waals surface area contributed by atoms with Crippen molar-refractivity contribution in [3.8, 4) is 0 Å². The second kappa shape index (κ2) is 4.38. The van der Waals surface area contributed by atoms with Crippen LogP contribution in [0.25, 0.3) is 0 Å². The third-order valence-corrected chi connectivity index (χ3v) is 4.15. The number of anilines is 1. The van der Waals surface area contributed by atoms with Crippen LogP contribution in [0.2, 0.25) is 0 Å². The SMILES string of the molecule is CC1CN=C(Nc2ccc3c(c2)C(=O)N(C)C3=O)S1. The molecule has 0 bridgehead atoms. The molecule has 6 heteroatoms. The Balaban J connectivity index is 1.87. The number of benzene rings is 1. The highest BCUT2D eigenvalue weighted by Gasteiger charge is 2.32. The molecule has 1 aromatic carbocycles. The number of hydrogen-bond acceptors (Lipinski definition) is 5. The molecule has 5 nitrogen and oxygen atoms in total. The first-order valence-corrected chi connectivity index (χ1v) is 6.89. The van der Waals surface area contributed by atoms with E-state index in [1.54, 1.807) is 30.0 Å². The monoisotopic (exact) mass is 275 g/mol. The number of imide groups is 1. The van der Waals surface area contributed by atoms with E-state index in [0.717, 1.165) is 22.3 Å². The van der Waals surface area contributed by atoms with E-state index in [1.807, 2.05) is 0 Å². The fourth-order valence-corrected chi connectivity index (χ4v) is 2.96. The van der Waals surface area contributed by atoms with Crippen LogP contribution in [0.1, 0.15) is 27.6 Å². The molecular formula is C13H13N3O2S. The smallest absolute Gasteiger partial charge is 0.261 e. The van der Waals surface area contributed by atoms with Crippen molar-refractivity contribution in [1.82, 2.24) is 4.90 Å². The van der Waals surface area contributed by atoms with E-state index >= 15 is 0 Å². The van der Waals surface area contributed by atoms with Gasteiger partial charge in [0.1, 0.15) is 0 Å². The number of amidine groups is 1. The van der Waals surface area contributed by atoms with Crippen molar-refractivity contribution < 1.29 is 9.59 Å². The van der Waals surface area contributed by atoms with Crippen molar-refractivity contribution in [2.75, 3.05) is 18.9 Å². The van der Waals surface area contributed by atoms with E-state index in [0.29, 0.717) is 16.4 Å². The van der Waals surface area contributed by atoms with Crippen molar-refractivity contribution in [3.05, 3.63) is 29.3 Å². The summed E-state index contributed by atoms with van der Waals surface area (Å²) < 4.78 is 0. The van der Waals surface area contributed by atoms with Crippen LogP contribution in [0.3, 0.4) is 0 Å². The molecule has 0 saturated heterocycles. The molecular weight excluding hydrogens is 262 g/mol. The van der Waals surface area contributed by atoms with Crippen LogP contribution in [0.4, 0.5) is 5.69 Å². The molecule has 0 radical (unpaired) electrons. The fourth-order valence-electron chi connectivity index (χ4n) is 2.11. The molecule has 2 aliphatic rings. The standard InChI is InChI=1S/C13H13N3O2S/c1-7-6-14-13(19-7)15-8-3-4-9-10(5-8)12(18)16(2)11(9)17/h3-5,7H,6H2,1-2H3,(H,14,15). The summed E-state index contributed by atoms with van der Waals surface area (Å²) in [4.78, 5) is 29.2. The van der Waals surface area contributed by atoms with Gasteiger partial charge in [0.2, 0.25) is 0 Å². The number of fused-ring (bicyclic) bond motifs is 1. The van der Waals surface area contributed by atoms with Crippen LogP contribution >= 0.6 is 11.8 Å². The molecule has 3 rings (SSSR count). The van der Waals surface area contributed by atoms with Crippen molar-refractivity contribution in [3.63, 3.8) is 0 Å². The van der Waals surface area contributed by atoms with Gasteiger partial charge in [-0.25, -0.2) is 0 Å². The van der Waals surface area contributed by atoms with Gasteiger partial charge in [-0.15, -0.1) is 0 Å². The Morgan fingerprint density at radius 1 is 1.32 bits per heavy atom. The Bertz CT molecular complexity index is 612. The van der Waals surface area contributed by atoms with Gasteiger partial charge < -0.3 is 5.32 Å². The first-order chi connectivity index (χ1) is 9.06. The molecule has 98 valence electrons. The number of nitrogens with zero attached hydrogens (tertiary/aromatic N) is 2. The average molecular weight is 275 g/mol. The highest BCUT2D eigenvalue weighted by Crippen LogP contribution is 2.27. The number of hydrogen-bond donors (Lipinski definition) is 1. The van der Waals surface area contributed by atoms with Crippen LogP contribution in [0.5, 0.6) is 0 Å². The van der Waals surface area contributed by atoms with E-state index in [2.05, 4.69) is 17.2 Å². The van der Waals surface area contributed by atoms with E-state index in [1.165, 1.54) is 7.05 Å². The lowest BCUT2D eigenvalue weighted by molar-refractivity contribution is 0.0693. The molecule has 1 atom stereocenters. The number of thioether (sulfide) groups is 1. The van der Waals surface area contributed by atoms with Gasteiger partial charge in [0.25, 0.3) is 11.8 Å². The minimum absolute atomic E-state index is 0.243. The number of carbonyl (C=O) groups excluding carboxylic acids is 2. The predicted molar refractivity (Wildman–Crippen MR) is 75.8 cm³/mol. The quantitative estimate of drug-likeness (QED) is 0.794. The lowest BCUT2D eigenvalue weighted by Gasteiger charge is -2.06. The Morgan fingerprint density at radius 3 is 2.74 bits per heavy atom. The number of nitrogens with one attached hydrogen (secondary N) is 1. The second-order valence-corrected chi connectivity index (χ2v) is 6.06. The van der Waals surface area contributed by atoms with Gasteiger partial charge in [-0.2, -0.15) is 0 Å². The summed E-state index contributed by atoms with van der Waals surface area (Å²) >= 11 is 1.67. The molecule has 1 aromatic rings. The summed E-state index contributed by atoms with van der Waals surface area (Å²) in [6.07, 6.45) is 0. The molecule has 2 amide bonds. The summed E-state index contributed by atoms with van der Waals surface area (Å²) in [7, 11) is 1.50. The molecule has 2 aliphatic heterocycles. The molecule has 19 heavy (non-hydrogen) atoms. The first kappa shape index (κ1) is 12.2. The molecule has 0 aliphatic carbocycles. The highest BCUT2D eigenvalue weighted by atomic mass is 32.2. The van der Waals surface area contributed by atoms with Crippen molar-refractivity contribution in [2.24, 2.45) is 4.99 Å². The lowest BCUT2D eigenvalue weighted by Crippen LogP contribution is -2.24. The molecule has 0 saturated carbocycles. The van der Waals surface area contributed by atoms with Crippen LogP contribution in [0, 0.1) is 0 Å². The summed E-state index contributed by atoms with van der Waals surface area (Å²) in [5.41, 5.74) is 1.71. The molecule has 1 N–H and O–H groups in total. The Morgan fingerprint density at radius 2 is 2.05 bits per heavy atom. The Hall–Kier alpha value is -1.82. The fraction of sp³-hybridized carbons (Fsp3) is 0.308. The summed E-state index contributed by atoms with van der Waals surface area (Å²) in [5, 5.41) is 4.52. The maximum absolute atomic E-state index is 11.9. The zero-order valence-electron chi connectivity index (χ0n) is 10.6. The number of carbonyl (C=O) groups is 2. The molecule has 0 fully saturated rings. The molecule has 2 heterocycles. The van der Waals surface area contributed by atoms with Gasteiger partial charge in [-0.3, -0.25) is 19.5 Å². The molecule has 1 unspecified atom stereocenters. The maximum atomic E-state index is 11.9. The van der Waals surface area contributed by atoms with Crippen molar-refractivity contribution in [1.29, 1.82) is 0 Å². The summed E-state index contributed by atoms with van der Waals surface area (Å²) in [6, 6.07) is 5.20. The molecule has 0 aromatic heterocycles. The Labute approximate surface area is 115 Å². The number of rotatable bonds is 1. The van der Waals surface area contributed by atoms with Gasteiger partial charge in [0.05, 0.1) is 17.7 Å². The molecule has 0 spiro atoms. The van der Waals surface area contributed by atoms with E-state index in [-0.39, 0.29) is 11.8 Å². The van der Waals surface area contributed by atoms with E-state index < -0.39 is 0 Å². The normalized spacial score (nSPS) is 21.7. The highest BCUT2D eigenvalue weighted by molar-refractivity contribution is 8.15. The largest absolute Gasteiger partial charge is 0.335 e. The van der Waals surface area contributed by atoms with Crippen LogP contribution < -0.4 is 5.32 Å². The van der Waals surface area contributed by atoms with Gasteiger partial charge >= 0.3 is 0 Å². The summed E-state index contributed by atoms with van der Waals surface area (Å²) in [6.45, 7) is 2.92. The predicted octanol–water partition coefficient (Wildman–Crippen LogP) is 1.82. The van der Waals surface area contributed by atoms with Gasteiger partial charge in [-0.1, -0.05) is 18.7 Å². The van der Waals surface area contributed by atoms with Crippen LogP contribution in [-0.2, 0) is 0 Å². The second-order valence-electron chi connectivity index (χ2n) is 4.63. The Kier molecular flexibility index (Phi) is 2.82. The van der Waals surface area contributed by atoms with Gasteiger partial charge in [0, 0.05) is 18.0 Å². The zero-order valence-corrected chi connectivity index (χ0v) is 11.5.